The van der Waals surface area contributed by atoms with Crippen LogP contribution in [-0.4, -0.2) is 18.5 Å². The van der Waals surface area contributed by atoms with Crippen LogP contribution in [0.15, 0.2) is 76.3 Å². The zero-order chi connectivity index (χ0) is 21.3. The van der Waals surface area contributed by atoms with Gasteiger partial charge in [-0.3, -0.25) is 4.79 Å². The number of pyridine rings is 1. The van der Waals surface area contributed by atoms with Crippen molar-refractivity contribution in [2.24, 2.45) is 0 Å². The molecule has 2 aromatic heterocycles. The van der Waals surface area contributed by atoms with Crippen LogP contribution in [0.4, 0.5) is 13.2 Å². The van der Waals surface area contributed by atoms with E-state index in [-0.39, 0.29) is 22.6 Å². The zero-order valence-electron chi connectivity index (χ0n) is 15.6. The molecule has 0 aliphatic carbocycles. The first kappa shape index (κ1) is 19.5. The molecule has 5 nitrogen and oxygen atoms in total. The van der Waals surface area contributed by atoms with Gasteiger partial charge in [0.1, 0.15) is 17.6 Å². The van der Waals surface area contributed by atoms with Gasteiger partial charge in [0.15, 0.2) is 0 Å². The number of nitrogens with zero attached hydrogens (tertiary/aromatic N) is 1. The van der Waals surface area contributed by atoms with Gasteiger partial charge in [-0.1, -0.05) is 24.3 Å². The standard InChI is InChI=1S/C22H14F3NO4/c1-28-21-17(18-12-29-19-5-3-2-4-16(19)20(18)27)10-14(11-26-21)13-6-8-15(9-7-13)30-22(23,24)25/h2-12H,1H3. The molecule has 0 saturated heterocycles. The molecule has 0 amide bonds. The number of methoxy groups -OCH3 is 1. The van der Waals surface area contributed by atoms with Crippen molar-refractivity contribution in [3.63, 3.8) is 0 Å². The minimum Gasteiger partial charge on any atom is -0.481 e. The molecule has 0 fully saturated rings. The normalized spacial score (nSPS) is 11.5. The van der Waals surface area contributed by atoms with E-state index in [1.54, 1.807) is 30.3 Å². The summed E-state index contributed by atoms with van der Waals surface area (Å²) in [4.78, 5) is 17.2. The van der Waals surface area contributed by atoms with Crippen LogP contribution in [0.3, 0.4) is 0 Å². The van der Waals surface area contributed by atoms with E-state index < -0.39 is 6.36 Å². The van der Waals surface area contributed by atoms with E-state index in [0.717, 1.165) is 0 Å². The number of halogens is 3. The molecule has 0 radical (unpaired) electrons. The molecular formula is C22H14F3NO4. The Labute approximate surface area is 168 Å². The van der Waals surface area contributed by atoms with Crippen LogP contribution in [0, 0.1) is 0 Å². The highest BCUT2D eigenvalue weighted by Gasteiger charge is 2.31. The van der Waals surface area contributed by atoms with Crippen molar-refractivity contribution in [3.8, 4) is 33.9 Å². The highest BCUT2D eigenvalue weighted by atomic mass is 19.4. The molecule has 0 unspecified atom stereocenters. The number of benzene rings is 2. The SMILES string of the molecule is COc1ncc(-c2ccc(OC(F)(F)F)cc2)cc1-c1coc2ccccc2c1=O. The number of rotatable bonds is 4. The summed E-state index contributed by atoms with van der Waals surface area (Å²) < 4.78 is 51.8. The van der Waals surface area contributed by atoms with E-state index >= 15 is 0 Å². The van der Waals surface area contributed by atoms with Crippen LogP contribution in [0.2, 0.25) is 0 Å². The summed E-state index contributed by atoms with van der Waals surface area (Å²) in [6, 6.07) is 13.9. The lowest BCUT2D eigenvalue weighted by Crippen LogP contribution is -2.16. The average molecular weight is 413 g/mol. The van der Waals surface area contributed by atoms with Gasteiger partial charge in [0, 0.05) is 11.8 Å². The summed E-state index contributed by atoms with van der Waals surface area (Å²) in [6.07, 6.45) is -1.92. The summed E-state index contributed by atoms with van der Waals surface area (Å²) in [7, 11) is 1.43. The van der Waals surface area contributed by atoms with Gasteiger partial charge in [-0.15, -0.1) is 13.2 Å². The molecule has 2 heterocycles. The second kappa shape index (κ2) is 7.55. The number of hydrogen-bond acceptors (Lipinski definition) is 5. The molecule has 2 aromatic carbocycles. The molecule has 0 saturated carbocycles. The predicted octanol–water partition coefficient (Wildman–Crippen LogP) is 5.43. The number of aromatic nitrogens is 1. The second-order valence-corrected chi connectivity index (χ2v) is 6.33. The predicted molar refractivity (Wildman–Crippen MR) is 104 cm³/mol. The Balaban J connectivity index is 1.78. The Hall–Kier alpha value is -3.81. The van der Waals surface area contributed by atoms with E-state index in [1.165, 1.54) is 43.8 Å². The Morgan fingerprint density at radius 2 is 1.70 bits per heavy atom. The monoisotopic (exact) mass is 413 g/mol. The summed E-state index contributed by atoms with van der Waals surface area (Å²) in [6.45, 7) is 0. The molecule has 30 heavy (non-hydrogen) atoms. The lowest BCUT2D eigenvalue weighted by atomic mass is 10.0. The summed E-state index contributed by atoms with van der Waals surface area (Å²) in [5.74, 6) is -0.110. The van der Waals surface area contributed by atoms with Crippen molar-refractivity contribution in [2.45, 2.75) is 6.36 Å². The maximum Gasteiger partial charge on any atom is 0.573 e. The highest BCUT2D eigenvalue weighted by molar-refractivity contribution is 5.83. The second-order valence-electron chi connectivity index (χ2n) is 6.33. The zero-order valence-corrected chi connectivity index (χ0v) is 15.6. The van der Waals surface area contributed by atoms with E-state index in [2.05, 4.69) is 9.72 Å². The van der Waals surface area contributed by atoms with Crippen molar-refractivity contribution in [1.82, 2.24) is 4.98 Å². The number of para-hydroxylation sites is 1. The van der Waals surface area contributed by atoms with E-state index in [0.29, 0.717) is 27.7 Å². The third kappa shape index (κ3) is 3.84. The molecule has 0 spiro atoms. The van der Waals surface area contributed by atoms with Gasteiger partial charge < -0.3 is 13.9 Å². The fraction of sp³-hybridized carbons (Fsp3) is 0.0909. The first-order valence-electron chi connectivity index (χ1n) is 8.77. The van der Waals surface area contributed by atoms with E-state index in [9.17, 15) is 18.0 Å². The van der Waals surface area contributed by atoms with Crippen LogP contribution < -0.4 is 14.9 Å². The van der Waals surface area contributed by atoms with Crippen molar-refractivity contribution in [1.29, 1.82) is 0 Å². The van der Waals surface area contributed by atoms with Crippen molar-refractivity contribution >= 4 is 11.0 Å². The highest BCUT2D eigenvalue weighted by Crippen LogP contribution is 2.33. The summed E-state index contributed by atoms with van der Waals surface area (Å²) >= 11 is 0. The Morgan fingerprint density at radius 3 is 2.40 bits per heavy atom. The number of ether oxygens (including phenoxy) is 2. The van der Waals surface area contributed by atoms with Crippen LogP contribution in [0.1, 0.15) is 0 Å². The topological polar surface area (TPSA) is 61.6 Å². The lowest BCUT2D eigenvalue weighted by molar-refractivity contribution is -0.274. The third-order valence-electron chi connectivity index (χ3n) is 4.44. The fourth-order valence-corrected chi connectivity index (χ4v) is 3.08. The van der Waals surface area contributed by atoms with Crippen molar-refractivity contribution < 1.29 is 27.1 Å². The van der Waals surface area contributed by atoms with Crippen molar-refractivity contribution in [2.75, 3.05) is 7.11 Å². The van der Waals surface area contributed by atoms with Crippen LogP contribution in [0.5, 0.6) is 11.6 Å². The maximum atomic E-state index is 13.0. The quantitative estimate of drug-likeness (QED) is 0.447. The summed E-state index contributed by atoms with van der Waals surface area (Å²) in [5, 5.41) is 0.413. The molecule has 0 bridgehead atoms. The van der Waals surface area contributed by atoms with Gasteiger partial charge in [-0.25, -0.2) is 4.98 Å². The molecule has 0 atom stereocenters. The molecule has 152 valence electrons. The van der Waals surface area contributed by atoms with E-state index in [4.69, 9.17) is 9.15 Å². The molecule has 0 aliphatic rings. The number of fused-ring (bicyclic) bond motifs is 1. The van der Waals surface area contributed by atoms with Crippen molar-refractivity contribution in [3.05, 3.63) is 77.3 Å². The molecule has 0 aliphatic heterocycles. The molecule has 4 rings (SSSR count). The Bertz CT molecular complexity index is 1260. The minimum absolute atomic E-state index is 0.221. The van der Waals surface area contributed by atoms with Crippen LogP contribution >= 0.6 is 0 Å². The number of hydrogen-bond donors (Lipinski definition) is 0. The first-order valence-corrected chi connectivity index (χ1v) is 8.77. The van der Waals surface area contributed by atoms with Gasteiger partial charge in [-0.2, -0.15) is 0 Å². The van der Waals surface area contributed by atoms with Gasteiger partial charge in [0.25, 0.3) is 0 Å². The van der Waals surface area contributed by atoms with Gasteiger partial charge in [0.05, 0.1) is 23.6 Å². The molecule has 4 aromatic rings. The van der Waals surface area contributed by atoms with Crippen LogP contribution in [-0.2, 0) is 0 Å². The third-order valence-corrected chi connectivity index (χ3v) is 4.44. The van der Waals surface area contributed by atoms with E-state index in [1.807, 2.05) is 0 Å². The van der Waals surface area contributed by atoms with Gasteiger partial charge >= 0.3 is 6.36 Å². The van der Waals surface area contributed by atoms with Gasteiger partial charge in [0.2, 0.25) is 11.3 Å². The van der Waals surface area contributed by atoms with Gasteiger partial charge in [-0.05, 0) is 35.9 Å². The Morgan fingerprint density at radius 1 is 0.967 bits per heavy atom. The summed E-state index contributed by atoms with van der Waals surface area (Å²) in [5.41, 5.74) is 2.04. The van der Waals surface area contributed by atoms with Crippen LogP contribution in [0.25, 0.3) is 33.2 Å². The molecule has 0 N–H and O–H groups in total. The Kier molecular flexibility index (Phi) is 4.91. The largest absolute Gasteiger partial charge is 0.573 e. The molecular weight excluding hydrogens is 399 g/mol. The maximum absolute atomic E-state index is 13.0. The number of alkyl halides is 3. The average Bonchev–Trinajstić information content (AvgIpc) is 2.73. The first-order chi connectivity index (χ1) is 14.4. The smallest absolute Gasteiger partial charge is 0.481 e. The minimum atomic E-state index is -4.76. The lowest BCUT2D eigenvalue weighted by Gasteiger charge is -2.11. The fourth-order valence-electron chi connectivity index (χ4n) is 3.08. The molecule has 8 heteroatoms.